The summed E-state index contributed by atoms with van der Waals surface area (Å²) >= 11 is 6.16. The molecule has 0 aromatic heterocycles. The minimum atomic E-state index is -5.44. The number of halogens is 5. The minimum Gasteiger partial charge on any atom is -0.494 e. The fraction of sp³-hybridized carbons (Fsp3) is 0.500. The number of piperidine rings is 1. The van der Waals surface area contributed by atoms with Crippen LogP contribution in [0.4, 0.5) is 17.6 Å². The van der Waals surface area contributed by atoms with E-state index in [0.29, 0.717) is 53.5 Å². The molecule has 1 saturated carbocycles. The molecular formula is C28H29ClF4N2O4. The van der Waals surface area contributed by atoms with Crippen LogP contribution in [0.3, 0.4) is 0 Å². The fourth-order valence-electron chi connectivity index (χ4n) is 6.21. The second-order valence-corrected chi connectivity index (χ2v) is 11.0. The molecule has 1 aliphatic heterocycles. The van der Waals surface area contributed by atoms with E-state index in [4.69, 9.17) is 16.3 Å². The number of aliphatic hydroxyl groups is 1. The molecule has 11 heteroatoms. The number of ether oxygens (including phenoxy) is 1. The lowest BCUT2D eigenvalue weighted by Gasteiger charge is -2.52. The highest BCUT2D eigenvalue weighted by atomic mass is 35.5. The first-order valence-electron chi connectivity index (χ1n) is 12.9. The molecule has 1 unspecified atom stereocenters. The van der Waals surface area contributed by atoms with E-state index >= 15 is 4.39 Å². The second kappa shape index (κ2) is 9.96. The Morgan fingerprint density at radius 1 is 1.15 bits per heavy atom. The number of amides is 2. The van der Waals surface area contributed by atoms with Crippen molar-refractivity contribution in [3.05, 3.63) is 64.2 Å². The number of carbonyl (C=O) groups is 2. The normalized spacial score (nSPS) is 28.3. The van der Waals surface area contributed by atoms with Crippen LogP contribution in [0.5, 0.6) is 5.75 Å². The van der Waals surface area contributed by atoms with Gasteiger partial charge in [0.25, 0.3) is 17.5 Å². The third kappa shape index (κ3) is 4.45. The van der Waals surface area contributed by atoms with Gasteiger partial charge in [0.1, 0.15) is 5.75 Å². The molecule has 2 N–H and O–H groups in total. The third-order valence-corrected chi connectivity index (χ3v) is 8.78. The highest BCUT2D eigenvalue weighted by molar-refractivity contribution is 6.34. The van der Waals surface area contributed by atoms with Crippen molar-refractivity contribution in [2.45, 2.75) is 43.1 Å². The number of likely N-dealkylation sites (tertiary alicyclic amines) is 1. The summed E-state index contributed by atoms with van der Waals surface area (Å²) in [6, 6.07) is 9.66. The topological polar surface area (TPSA) is 78.9 Å². The number of nitrogens with one attached hydrogen (secondary N) is 1. The molecule has 5 rings (SSSR count). The first-order valence-corrected chi connectivity index (χ1v) is 13.3. The Hall–Kier alpha value is -2.85. The smallest absolute Gasteiger partial charge is 0.430 e. The van der Waals surface area contributed by atoms with Crippen molar-refractivity contribution >= 4 is 23.4 Å². The molecule has 0 spiro atoms. The summed E-state index contributed by atoms with van der Waals surface area (Å²) in [5, 5.41) is 13.7. The second-order valence-electron chi connectivity index (χ2n) is 10.6. The lowest BCUT2D eigenvalue weighted by molar-refractivity contribution is -0.311. The van der Waals surface area contributed by atoms with Gasteiger partial charge in [-0.05, 0) is 61.6 Å². The van der Waals surface area contributed by atoms with Crippen LogP contribution in [-0.4, -0.2) is 54.7 Å². The first kappa shape index (κ1) is 27.7. The molecule has 39 heavy (non-hydrogen) atoms. The van der Waals surface area contributed by atoms with Gasteiger partial charge in [-0.1, -0.05) is 35.9 Å². The monoisotopic (exact) mass is 568 g/mol. The first-order chi connectivity index (χ1) is 18.4. The molecule has 1 heterocycles. The average Bonchev–Trinajstić information content (AvgIpc) is 3.70. The molecule has 0 radical (unpaired) electrons. The quantitative estimate of drug-likeness (QED) is 0.462. The van der Waals surface area contributed by atoms with Crippen LogP contribution in [0.2, 0.25) is 5.02 Å². The van der Waals surface area contributed by atoms with E-state index < -0.39 is 28.9 Å². The maximum Gasteiger partial charge on any atom is 0.430 e. The zero-order valence-corrected chi connectivity index (χ0v) is 22.0. The Balaban J connectivity index is 1.13. The van der Waals surface area contributed by atoms with Crippen molar-refractivity contribution < 1.29 is 37.0 Å². The predicted molar refractivity (Wildman–Crippen MR) is 135 cm³/mol. The van der Waals surface area contributed by atoms with E-state index in [1.165, 1.54) is 30.1 Å². The summed E-state index contributed by atoms with van der Waals surface area (Å²) in [7, 11) is 1.52. The highest BCUT2D eigenvalue weighted by Crippen LogP contribution is 2.64. The molecule has 2 aliphatic carbocycles. The molecule has 6 nitrogen and oxygen atoms in total. The molecule has 2 aromatic rings. The van der Waals surface area contributed by atoms with Gasteiger partial charge in [0.15, 0.2) is 0 Å². The average molecular weight is 569 g/mol. The minimum absolute atomic E-state index is 0.165. The van der Waals surface area contributed by atoms with Gasteiger partial charge in [-0.3, -0.25) is 9.59 Å². The summed E-state index contributed by atoms with van der Waals surface area (Å²) < 4.78 is 62.5. The SMILES string of the molecule is CNC(=O)c1ccc(OCC[C@H]2C[C@@H]2C2CCN(C(=O)[C@]3(O)c4ccccc4C3(F)C(F)(F)F)CC2)cc1Cl. The van der Waals surface area contributed by atoms with Gasteiger partial charge < -0.3 is 20.1 Å². The molecule has 4 atom stereocenters. The van der Waals surface area contributed by atoms with Crippen LogP contribution in [-0.2, 0) is 16.1 Å². The number of nitrogens with zero attached hydrogens (tertiary/aromatic N) is 1. The third-order valence-electron chi connectivity index (χ3n) is 8.47. The van der Waals surface area contributed by atoms with Gasteiger partial charge in [0, 0.05) is 31.3 Å². The van der Waals surface area contributed by atoms with Gasteiger partial charge in [0.2, 0.25) is 5.60 Å². The molecule has 3 aliphatic rings. The summed E-state index contributed by atoms with van der Waals surface area (Å²) in [4.78, 5) is 26.1. The molecule has 2 aromatic carbocycles. The number of benzene rings is 2. The van der Waals surface area contributed by atoms with Gasteiger partial charge >= 0.3 is 6.18 Å². The van der Waals surface area contributed by atoms with E-state index in [1.54, 1.807) is 18.2 Å². The number of alkyl halides is 4. The number of carbonyl (C=O) groups excluding carboxylic acids is 2. The van der Waals surface area contributed by atoms with Crippen LogP contribution < -0.4 is 10.1 Å². The van der Waals surface area contributed by atoms with Gasteiger partial charge in [0.05, 0.1) is 17.2 Å². The van der Waals surface area contributed by atoms with Crippen molar-refractivity contribution in [2.75, 3.05) is 26.7 Å². The van der Waals surface area contributed by atoms with Gasteiger partial charge in [-0.2, -0.15) is 13.2 Å². The Morgan fingerprint density at radius 3 is 2.44 bits per heavy atom. The zero-order chi connectivity index (χ0) is 28.2. The Morgan fingerprint density at radius 2 is 1.82 bits per heavy atom. The van der Waals surface area contributed by atoms with E-state index in [2.05, 4.69) is 5.32 Å². The maximum absolute atomic E-state index is 15.4. The van der Waals surface area contributed by atoms with Crippen molar-refractivity contribution in [1.29, 1.82) is 0 Å². The van der Waals surface area contributed by atoms with Crippen molar-refractivity contribution in [2.24, 2.45) is 17.8 Å². The fourth-order valence-corrected chi connectivity index (χ4v) is 6.47. The Kier molecular flexibility index (Phi) is 7.08. The summed E-state index contributed by atoms with van der Waals surface area (Å²) in [6.07, 6.45) is -2.48. The van der Waals surface area contributed by atoms with E-state index in [-0.39, 0.29) is 24.6 Å². The molecule has 2 fully saturated rings. The number of rotatable bonds is 7. The van der Waals surface area contributed by atoms with E-state index in [1.807, 2.05) is 0 Å². The molecule has 210 valence electrons. The van der Waals surface area contributed by atoms with Crippen LogP contribution in [0.1, 0.15) is 47.2 Å². The standard InChI is InChI=1S/C28H29ClF4N2O4/c1-34-24(36)19-7-6-18(15-23(19)29)39-13-10-17-14-20(17)16-8-11-35(12-9-16)25(37)26(38)21-4-2-3-5-22(21)27(26,30)28(31,32)33/h2-7,15-17,20,38H,8-14H2,1H3,(H,34,36)/t17-,20+,26+,27?/m0/s1. The number of hydrogen-bond acceptors (Lipinski definition) is 4. The largest absolute Gasteiger partial charge is 0.494 e. The van der Waals surface area contributed by atoms with Crippen molar-refractivity contribution in [3.8, 4) is 5.75 Å². The van der Waals surface area contributed by atoms with Crippen LogP contribution in [0.15, 0.2) is 42.5 Å². The van der Waals surface area contributed by atoms with E-state index in [0.717, 1.165) is 18.9 Å². The summed E-state index contributed by atoms with van der Waals surface area (Å²) in [6.45, 7) is 0.798. The number of fused-ring (bicyclic) bond motifs is 1. The summed E-state index contributed by atoms with van der Waals surface area (Å²) in [5.74, 6) is 0.200. The zero-order valence-electron chi connectivity index (χ0n) is 21.2. The van der Waals surface area contributed by atoms with Crippen LogP contribution in [0.25, 0.3) is 0 Å². The highest BCUT2D eigenvalue weighted by Gasteiger charge is 2.80. The maximum atomic E-state index is 15.4. The van der Waals surface area contributed by atoms with Crippen LogP contribution in [0, 0.1) is 17.8 Å². The van der Waals surface area contributed by atoms with Crippen molar-refractivity contribution in [1.82, 2.24) is 10.2 Å². The van der Waals surface area contributed by atoms with E-state index in [9.17, 15) is 27.9 Å². The lowest BCUT2D eigenvalue weighted by Crippen LogP contribution is -2.70. The molecule has 2 amide bonds. The van der Waals surface area contributed by atoms with Crippen molar-refractivity contribution in [3.63, 3.8) is 0 Å². The molecular weight excluding hydrogens is 540 g/mol. The van der Waals surface area contributed by atoms with Crippen LogP contribution >= 0.6 is 11.6 Å². The number of hydrogen-bond donors (Lipinski definition) is 2. The predicted octanol–water partition coefficient (Wildman–Crippen LogP) is 4.97. The van der Waals surface area contributed by atoms with Gasteiger partial charge in [-0.15, -0.1) is 0 Å². The summed E-state index contributed by atoms with van der Waals surface area (Å²) in [5.41, 5.74) is -8.10. The molecule has 0 bridgehead atoms. The Bertz CT molecular complexity index is 1280. The lowest BCUT2D eigenvalue weighted by atomic mass is 9.60. The molecule has 1 saturated heterocycles. The Labute approximate surface area is 228 Å². The van der Waals surface area contributed by atoms with Gasteiger partial charge in [-0.25, -0.2) is 4.39 Å².